The number of carbonyl (C=O) groups excluding carboxylic acids is 3. The van der Waals surface area contributed by atoms with Crippen molar-refractivity contribution in [3.63, 3.8) is 0 Å². The summed E-state index contributed by atoms with van der Waals surface area (Å²) in [6.45, 7) is 0.521. The molecule has 1 rings (SSSR count). The van der Waals surface area contributed by atoms with Crippen molar-refractivity contribution < 1.29 is 19.1 Å². The van der Waals surface area contributed by atoms with E-state index in [2.05, 4.69) is 25.3 Å². The van der Waals surface area contributed by atoms with E-state index >= 15 is 0 Å². The number of carbonyl (C=O) groups is 3. The number of ether oxygens (including phenoxy) is 1. The normalized spacial score (nSPS) is 10.1. The minimum Gasteiger partial charge on any atom is -0.469 e. The lowest BCUT2D eigenvalue weighted by Crippen LogP contribution is -2.32. The predicted molar refractivity (Wildman–Crippen MR) is 90.0 cm³/mol. The maximum absolute atomic E-state index is 12.0. The summed E-state index contributed by atoms with van der Waals surface area (Å²) >= 11 is 7.19. The monoisotopic (exact) mass is 374 g/mol. The molecule has 10 heteroatoms. The lowest BCUT2D eigenvalue weighted by atomic mass is 10.3. The van der Waals surface area contributed by atoms with E-state index in [1.54, 1.807) is 6.26 Å². The van der Waals surface area contributed by atoms with Gasteiger partial charge in [0, 0.05) is 25.9 Å². The standard InChI is InChI=1S/C14H19ClN4O4S/c1-23-11(21)4-3-6-16-10(20)5-7-17-13(22)12-9(15)8-18-14(19-12)24-2/h8H,3-7H2,1-2H3,(H,16,20)(H,17,22). The first-order valence-electron chi connectivity index (χ1n) is 7.16. The Morgan fingerprint density at radius 1 is 1.25 bits per heavy atom. The van der Waals surface area contributed by atoms with Crippen LogP contribution in [-0.4, -0.2) is 54.2 Å². The number of hydrogen-bond acceptors (Lipinski definition) is 7. The highest BCUT2D eigenvalue weighted by Crippen LogP contribution is 2.16. The third-order valence-corrected chi connectivity index (χ3v) is 3.70. The minimum atomic E-state index is -0.462. The molecule has 2 N–H and O–H groups in total. The maximum atomic E-state index is 12.0. The number of nitrogens with one attached hydrogen (secondary N) is 2. The number of aromatic nitrogens is 2. The van der Waals surface area contributed by atoms with E-state index in [1.165, 1.54) is 25.1 Å². The second-order valence-electron chi connectivity index (χ2n) is 4.59. The number of rotatable bonds is 9. The van der Waals surface area contributed by atoms with Crippen LogP contribution in [0.2, 0.25) is 5.02 Å². The van der Waals surface area contributed by atoms with Crippen LogP contribution in [-0.2, 0) is 14.3 Å². The molecule has 0 bridgehead atoms. The zero-order chi connectivity index (χ0) is 17.9. The molecule has 8 nitrogen and oxygen atoms in total. The van der Waals surface area contributed by atoms with E-state index < -0.39 is 5.91 Å². The van der Waals surface area contributed by atoms with Gasteiger partial charge in [0.25, 0.3) is 5.91 Å². The van der Waals surface area contributed by atoms with Crippen LogP contribution in [0.3, 0.4) is 0 Å². The van der Waals surface area contributed by atoms with Crippen molar-refractivity contribution in [2.24, 2.45) is 0 Å². The van der Waals surface area contributed by atoms with E-state index in [0.717, 1.165) is 0 Å². The van der Waals surface area contributed by atoms with Gasteiger partial charge in [0.15, 0.2) is 10.9 Å². The third-order valence-electron chi connectivity index (χ3n) is 2.86. The van der Waals surface area contributed by atoms with Gasteiger partial charge in [0.2, 0.25) is 5.91 Å². The third kappa shape index (κ3) is 7.14. The largest absolute Gasteiger partial charge is 0.469 e. The van der Waals surface area contributed by atoms with Gasteiger partial charge in [0.1, 0.15) is 0 Å². The average Bonchev–Trinajstić information content (AvgIpc) is 2.58. The molecule has 0 aliphatic carbocycles. The van der Waals surface area contributed by atoms with Crippen LogP contribution in [0.15, 0.2) is 11.4 Å². The quantitative estimate of drug-likeness (QED) is 0.287. The summed E-state index contributed by atoms with van der Waals surface area (Å²) in [7, 11) is 1.32. The van der Waals surface area contributed by atoms with Crippen LogP contribution in [0.5, 0.6) is 0 Å². The highest BCUT2D eigenvalue weighted by atomic mass is 35.5. The number of amides is 2. The van der Waals surface area contributed by atoms with Crippen molar-refractivity contribution in [1.82, 2.24) is 20.6 Å². The Balaban J connectivity index is 2.30. The summed E-state index contributed by atoms with van der Waals surface area (Å²) < 4.78 is 4.49. The highest BCUT2D eigenvalue weighted by molar-refractivity contribution is 7.98. The molecule has 2 amide bonds. The van der Waals surface area contributed by atoms with Gasteiger partial charge in [-0.15, -0.1) is 0 Å². The summed E-state index contributed by atoms with van der Waals surface area (Å²) in [5.41, 5.74) is 0.0782. The molecule has 1 heterocycles. The summed E-state index contributed by atoms with van der Waals surface area (Å²) in [5, 5.41) is 5.82. The average molecular weight is 375 g/mol. The fraction of sp³-hybridized carbons (Fsp3) is 0.500. The Labute approximate surface area is 149 Å². The van der Waals surface area contributed by atoms with Crippen molar-refractivity contribution in [1.29, 1.82) is 0 Å². The Bertz CT molecular complexity index is 600. The summed E-state index contributed by atoms with van der Waals surface area (Å²) in [4.78, 5) is 42.5. The van der Waals surface area contributed by atoms with Gasteiger partial charge in [-0.3, -0.25) is 14.4 Å². The molecule has 0 radical (unpaired) electrons. The van der Waals surface area contributed by atoms with E-state index in [0.29, 0.717) is 18.1 Å². The molecule has 0 spiro atoms. The van der Waals surface area contributed by atoms with Gasteiger partial charge >= 0.3 is 5.97 Å². The fourth-order valence-corrected chi connectivity index (χ4v) is 2.15. The van der Waals surface area contributed by atoms with Crippen LogP contribution in [0.1, 0.15) is 29.8 Å². The zero-order valence-electron chi connectivity index (χ0n) is 13.4. The SMILES string of the molecule is COC(=O)CCCNC(=O)CCNC(=O)c1nc(SC)ncc1Cl. The molecule has 0 unspecified atom stereocenters. The number of halogens is 1. The molecule has 1 aromatic rings. The highest BCUT2D eigenvalue weighted by Gasteiger charge is 2.14. The minimum absolute atomic E-state index is 0.0782. The molecule has 0 aliphatic heterocycles. The van der Waals surface area contributed by atoms with Crippen LogP contribution < -0.4 is 10.6 Å². The van der Waals surface area contributed by atoms with Crippen LogP contribution in [0, 0.1) is 0 Å². The van der Waals surface area contributed by atoms with Crippen molar-refractivity contribution in [2.75, 3.05) is 26.5 Å². The van der Waals surface area contributed by atoms with Crippen molar-refractivity contribution in [3.05, 3.63) is 16.9 Å². The van der Waals surface area contributed by atoms with Gasteiger partial charge in [-0.05, 0) is 12.7 Å². The van der Waals surface area contributed by atoms with E-state index in [1.807, 2.05) is 0 Å². The zero-order valence-corrected chi connectivity index (χ0v) is 15.0. The van der Waals surface area contributed by atoms with E-state index in [9.17, 15) is 14.4 Å². The summed E-state index contributed by atoms with van der Waals surface area (Å²) in [5.74, 6) is -1.00. The van der Waals surface area contributed by atoms with Crippen molar-refractivity contribution >= 4 is 41.1 Å². The number of esters is 1. The van der Waals surface area contributed by atoms with Crippen molar-refractivity contribution in [2.45, 2.75) is 24.4 Å². The number of nitrogens with zero attached hydrogens (tertiary/aromatic N) is 2. The first kappa shape index (κ1) is 20.2. The van der Waals surface area contributed by atoms with Gasteiger partial charge in [-0.2, -0.15) is 0 Å². The Kier molecular flexibility index (Phi) is 9.10. The number of hydrogen-bond donors (Lipinski definition) is 2. The van der Waals surface area contributed by atoms with E-state index in [4.69, 9.17) is 11.6 Å². The molecule has 0 saturated carbocycles. The van der Waals surface area contributed by atoms with Gasteiger partial charge < -0.3 is 15.4 Å². The first-order valence-corrected chi connectivity index (χ1v) is 8.76. The Hall–Kier alpha value is -1.87. The van der Waals surface area contributed by atoms with Gasteiger partial charge in [-0.1, -0.05) is 23.4 Å². The molecule has 0 saturated heterocycles. The lowest BCUT2D eigenvalue weighted by Gasteiger charge is -2.07. The summed E-state index contributed by atoms with van der Waals surface area (Å²) in [6, 6.07) is 0. The van der Waals surface area contributed by atoms with Crippen LogP contribution in [0.4, 0.5) is 0 Å². The van der Waals surface area contributed by atoms with Gasteiger partial charge in [0.05, 0.1) is 18.3 Å². The first-order chi connectivity index (χ1) is 11.5. The molecule has 132 valence electrons. The van der Waals surface area contributed by atoms with Crippen LogP contribution >= 0.6 is 23.4 Å². The Morgan fingerprint density at radius 2 is 2.00 bits per heavy atom. The van der Waals surface area contributed by atoms with E-state index in [-0.39, 0.29) is 42.0 Å². The predicted octanol–water partition coefficient (Wildman–Crippen LogP) is 1.04. The lowest BCUT2D eigenvalue weighted by molar-refractivity contribution is -0.140. The summed E-state index contributed by atoms with van der Waals surface area (Å²) in [6.07, 6.45) is 4.01. The molecular formula is C14H19ClN4O4S. The molecule has 0 aromatic carbocycles. The molecular weight excluding hydrogens is 356 g/mol. The Morgan fingerprint density at radius 3 is 2.67 bits per heavy atom. The second-order valence-corrected chi connectivity index (χ2v) is 5.77. The van der Waals surface area contributed by atoms with Crippen LogP contribution in [0.25, 0.3) is 0 Å². The number of thioether (sulfide) groups is 1. The molecule has 1 aromatic heterocycles. The van der Waals surface area contributed by atoms with Gasteiger partial charge in [-0.25, -0.2) is 9.97 Å². The number of methoxy groups -OCH3 is 1. The molecule has 0 atom stereocenters. The molecule has 0 aliphatic rings. The van der Waals surface area contributed by atoms with Crippen molar-refractivity contribution in [3.8, 4) is 0 Å². The fourth-order valence-electron chi connectivity index (χ4n) is 1.63. The molecule has 0 fully saturated rings. The smallest absolute Gasteiger partial charge is 0.305 e. The topological polar surface area (TPSA) is 110 Å². The molecule has 24 heavy (non-hydrogen) atoms. The second kappa shape index (κ2) is 10.8. The maximum Gasteiger partial charge on any atom is 0.305 e.